The number of pyridine rings is 1. The van der Waals surface area contributed by atoms with Crippen molar-refractivity contribution in [3.8, 4) is 21.8 Å². The van der Waals surface area contributed by atoms with Crippen LogP contribution in [-0.2, 0) is 5.92 Å². The first kappa shape index (κ1) is 18.0. The van der Waals surface area contributed by atoms with Crippen LogP contribution in [0.5, 0.6) is 0 Å². The quantitative estimate of drug-likeness (QED) is 0.546. The number of imidazole rings is 1. The summed E-state index contributed by atoms with van der Waals surface area (Å²) in [7, 11) is 0. The van der Waals surface area contributed by atoms with Gasteiger partial charge in [-0.2, -0.15) is 5.10 Å². The number of aromatic nitrogens is 4. The number of alkyl halides is 2. The molecule has 0 atom stereocenters. The van der Waals surface area contributed by atoms with Crippen molar-refractivity contribution in [2.75, 3.05) is 5.73 Å². The number of anilines is 1. The molecule has 0 saturated carbocycles. The molecular weight excluding hydrogens is 386 g/mol. The van der Waals surface area contributed by atoms with Gasteiger partial charge in [0.25, 0.3) is 5.92 Å². The van der Waals surface area contributed by atoms with Gasteiger partial charge in [0.2, 0.25) is 10.9 Å². The third kappa shape index (κ3) is 3.07. The summed E-state index contributed by atoms with van der Waals surface area (Å²) in [6.45, 7) is 0.767. The molecule has 0 saturated heterocycles. The lowest BCUT2D eigenvalue weighted by atomic mass is 10.1. The Hall–Kier alpha value is -3.40. The number of nitrogens with zero attached hydrogens (tertiary/aromatic N) is 4. The first-order chi connectivity index (χ1) is 13.2. The van der Waals surface area contributed by atoms with Crippen molar-refractivity contribution in [1.29, 1.82) is 0 Å². The van der Waals surface area contributed by atoms with Gasteiger partial charge in [0, 0.05) is 29.8 Å². The Kier molecular flexibility index (Phi) is 4.07. The highest BCUT2D eigenvalue weighted by Gasteiger charge is 2.28. The maximum atomic E-state index is 13.8. The number of primary amides is 1. The smallest absolute Gasteiger partial charge is 0.274 e. The fraction of sp³-hybridized carbons (Fsp3) is 0.111. The highest BCUT2D eigenvalue weighted by molar-refractivity contribution is 7.19. The van der Waals surface area contributed by atoms with Crippen LogP contribution in [-0.4, -0.2) is 25.5 Å². The minimum Gasteiger partial charge on any atom is -0.383 e. The molecular formula is C18H14F2N6OS. The number of hydrogen-bond acceptors (Lipinski definition) is 6. The van der Waals surface area contributed by atoms with Crippen molar-refractivity contribution in [2.24, 2.45) is 5.73 Å². The first-order valence-corrected chi connectivity index (χ1v) is 8.94. The van der Waals surface area contributed by atoms with Crippen molar-refractivity contribution < 1.29 is 13.6 Å². The normalized spacial score (nSPS) is 11.8. The number of carbonyl (C=O) groups is 1. The highest BCUT2D eigenvalue weighted by atomic mass is 32.1. The summed E-state index contributed by atoms with van der Waals surface area (Å²) in [5.41, 5.74) is 12.5. The van der Waals surface area contributed by atoms with E-state index in [9.17, 15) is 13.6 Å². The summed E-state index contributed by atoms with van der Waals surface area (Å²) in [4.78, 5) is 20.1. The largest absolute Gasteiger partial charge is 0.383 e. The molecule has 0 aliphatic rings. The van der Waals surface area contributed by atoms with Gasteiger partial charge in [0.1, 0.15) is 10.8 Å². The van der Waals surface area contributed by atoms with E-state index in [1.807, 2.05) is 0 Å². The van der Waals surface area contributed by atoms with Gasteiger partial charge in [-0.05, 0) is 18.2 Å². The molecule has 4 N–H and O–H groups in total. The molecule has 0 aliphatic carbocycles. The number of carbonyl (C=O) groups excluding carboxylic acids is 1. The van der Waals surface area contributed by atoms with Crippen LogP contribution in [0.15, 0.2) is 42.7 Å². The molecule has 3 aromatic heterocycles. The van der Waals surface area contributed by atoms with Crippen LogP contribution in [0, 0.1) is 0 Å². The van der Waals surface area contributed by atoms with Crippen LogP contribution in [0.4, 0.5) is 14.6 Å². The molecule has 0 spiro atoms. The maximum Gasteiger partial charge on any atom is 0.274 e. The predicted molar refractivity (Wildman–Crippen MR) is 102 cm³/mol. The standard InChI is InChI=1S/C18H14F2N6OS/c1-18(19,20)12-6-11(7-23-14(12)21)13-8-24-17-26(13)25-16(28-17)10-4-2-3-9(5-10)15(22)27/h2-8H,1H3,(H2,21,23)(H2,22,27). The molecule has 3 heterocycles. The Balaban J connectivity index is 1.81. The lowest BCUT2D eigenvalue weighted by Crippen LogP contribution is -2.12. The van der Waals surface area contributed by atoms with E-state index in [4.69, 9.17) is 11.5 Å². The summed E-state index contributed by atoms with van der Waals surface area (Å²) in [5.74, 6) is -3.89. The van der Waals surface area contributed by atoms with E-state index in [2.05, 4.69) is 15.1 Å². The molecule has 4 rings (SSSR count). The molecule has 0 unspecified atom stereocenters. The van der Waals surface area contributed by atoms with Crippen LogP contribution in [0.25, 0.3) is 26.8 Å². The number of hydrogen-bond donors (Lipinski definition) is 2. The number of nitrogen functional groups attached to an aromatic ring is 1. The van der Waals surface area contributed by atoms with E-state index in [1.54, 1.807) is 28.8 Å². The Labute approximate surface area is 161 Å². The number of nitrogens with two attached hydrogens (primary N) is 2. The summed E-state index contributed by atoms with van der Waals surface area (Å²) >= 11 is 1.29. The van der Waals surface area contributed by atoms with Gasteiger partial charge in [-0.3, -0.25) is 4.79 Å². The van der Waals surface area contributed by atoms with E-state index < -0.39 is 11.8 Å². The Morgan fingerprint density at radius 2 is 1.96 bits per heavy atom. The summed E-state index contributed by atoms with van der Waals surface area (Å²) in [6.07, 6.45) is 2.94. The SMILES string of the molecule is CC(F)(F)c1cc(-c2cnc3sc(-c4cccc(C(N)=O)c4)nn23)cnc1N. The molecule has 0 aliphatic heterocycles. The molecule has 142 valence electrons. The van der Waals surface area contributed by atoms with E-state index in [0.717, 1.165) is 6.92 Å². The molecule has 4 aromatic rings. The van der Waals surface area contributed by atoms with E-state index in [-0.39, 0.29) is 11.4 Å². The van der Waals surface area contributed by atoms with Crippen molar-refractivity contribution in [3.05, 3.63) is 53.9 Å². The second-order valence-corrected chi connectivity index (χ2v) is 7.19. The Bertz CT molecular complexity index is 1210. The molecule has 1 amide bonds. The molecule has 0 fully saturated rings. The second kappa shape index (κ2) is 6.34. The highest BCUT2D eigenvalue weighted by Crippen LogP contribution is 2.34. The number of benzene rings is 1. The second-order valence-electron chi connectivity index (χ2n) is 6.24. The lowest BCUT2D eigenvalue weighted by molar-refractivity contribution is 0.0180. The zero-order chi connectivity index (χ0) is 20.1. The Morgan fingerprint density at radius 3 is 2.68 bits per heavy atom. The molecule has 0 bridgehead atoms. The molecule has 0 radical (unpaired) electrons. The van der Waals surface area contributed by atoms with Crippen LogP contribution in [0.1, 0.15) is 22.8 Å². The van der Waals surface area contributed by atoms with Crippen molar-refractivity contribution in [2.45, 2.75) is 12.8 Å². The van der Waals surface area contributed by atoms with Gasteiger partial charge >= 0.3 is 0 Å². The van der Waals surface area contributed by atoms with Gasteiger partial charge in [-0.1, -0.05) is 23.5 Å². The number of fused-ring (bicyclic) bond motifs is 1. The zero-order valence-corrected chi connectivity index (χ0v) is 15.4. The summed E-state index contributed by atoms with van der Waals surface area (Å²) in [5, 5.41) is 5.12. The van der Waals surface area contributed by atoms with Gasteiger partial charge in [-0.25, -0.2) is 23.3 Å². The average Bonchev–Trinajstić information content (AvgIpc) is 3.22. The van der Waals surface area contributed by atoms with Gasteiger partial charge < -0.3 is 11.5 Å². The third-order valence-corrected chi connectivity index (χ3v) is 5.14. The Morgan fingerprint density at radius 1 is 1.18 bits per heavy atom. The number of halogens is 2. The zero-order valence-electron chi connectivity index (χ0n) is 14.6. The molecule has 10 heteroatoms. The van der Waals surface area contributed by atoms with Crippen LogP contribution in [0.2, 0.25) is 0 Å². The first-order valence-electron chi connectivity index (χ1n) is 8.13. The average molecular weight is 400 g/mol. The predicted octanol–water partition coefficient (Wildman–Crippen LogP) is 3.31. The number of rotatable bonds is 4. The van der Waals surface area contributed by atoms with Gasteiger partial charge in [0.05, 0.1) is 17.5 Å². The minimum absolute atomic E-state index is 0.223. The maximum absolute atomic E-state index is 13.8. The van der Waals surface area contributed by atoms with Crippen LogP contribution >= 0.6 is 11.3 Å². The summed E-state index contributed by atoms with van der Waals surface area (Å²) < 4.78 is 29.1. The fourth-order valence-electron chi connectivity index (χ4n) is 2.78. The fourth-order valence-corrected chi connectivity index (χ4v) is 3.65. The summed E-state index contributed by atoms with van der Waals surface area (Å²) in [6, 6.07) is 8.05. The molecule has 1 aromatic carbocycles. The van der Waals surface area contributed by atoms with Crippen molar-refractivity contribution in [3.63, 3.8) is 0 Å². The molecule has 7 nitrogen and oxygen atoms in total. The monoisotopic (exact) mass is 400 g/mol. The van der Waals surface area contributed by atoms with Gasteiger partial charge in [-0.15, -0.1) is 0 Å². The third-order valence-electron chi connectivity index (χ3n) is 4.17. The van der Waals surface area contributed by atoms with E-state index >= 15 is 0 Å². The van der Waals surface area contributed by atoms with Crippen LogP contribution in [0.3, 0.4) is 0 Å². The van der Waals surface area contributed by atoms with Crippen molar-refractivity contribution >= 4 is 28.0 Å². The van der Waals surface area contributed by atoms with E-state index in [0.29, 0.717) is 32.4 Å². The van der Waals surface area contributed by atoms with Gasteiger partial charge in [0.15, 0.2) is 0 Å². The van der Waals surface area contributed by atoms with E-state index in [1.165, 1.54) is 29.8 Å². The molecule has 28 heavy (non-hydrogen) atoms. The number of amides is 1. The topological polar surface area (TPSA) is 112 Å². The van der Waals surface area contributed by atoms with Crippen molar-refractivity contribution in [1.82, 2.24) is 19.6 Å². The van der Waals surface area contributed by atoms with Crippen LogP contribution < -0.4 is 11.5 Å². The minimum atomic E-state index is -3.13. The lowest BCUT2D eigenvalue weighted by Gasteiger charge is -2.13.